The van der Waals surface area contributed by atoms with Crippen LogP contribution in [0.3, 0.4) is 0 Å². The molecule has 16 heavy (non-hydrogen) atoms. The summed E-state index contributed by atoms with van der Waals surface area (Å²) in [6.07, 6.45) is 1.68. The summed E-state index contributed by atoms with van der Waals surface area (Å²) >= 11 is 0. The van der Waals surface area contributed by atoms with Gasteiger partial charge in [0.25, 0.3) is 0 Å². The summed E-state index contributed by atoms with van der Waals surface area (Å²) in [7, 11) is 0. The molecule has 0 fully saturated rings. The standard InChI is InChI=1S/C12H14N2O2/c1-2-11-8-12(16,14(9-15)13-11)10-6-4-3-5-7-10/h3-7,9,16H,2,8H2,1H3. The average Bonchev–Trinajstić information content (AvgIpc) is 2.68. The van der Waals surface area contributed by atoms with Crippen molar-refractivity contribution in [3.05, 3.63) is 35.9 Å². The minimum atomic E-state index is -1.31. The molecule has 0 saturated carbocycles. The lowest BCUT2D eigenvalue weighted by molar-refractivity contribution is -0.143. The van der Waals surface area contributed by atoms with Crippen LogP contribution in [0.1, 0.15) is 25.3 Å². The van der Waals surface area contributed by atoms with E-state index in [0.717, 1.165) is 17.1 Å². The van der Waals surface area contributed by atoms with Crippen molar-refractivity contribution in [2.24, 2.45) is 5.10 Å². The fraction of sp³-hybridized carbons (Fsp3) is 0.333. The molecule has 0 bridgehead atoms. The molecule has 1 unspecified atom stereocenters. The van der Waals surface area contributed by atoms with Gasteiger partial charge in [0.15, 0.2) is 5.72 Å². The highest BCUT2D eigenvalue weighted by atomic mass is 16.3. The summed E-state index contributed by atoms with van der Waals surface area (Å²) in [4.78, 5) is 10.9. The molecule has 4 nitrogen and oxygen atoms in total. The molecule has 0 spiro atoms. The molecule has 1 N–H and O–H groups in total. The monoisotopic (exact) mass is 218 g/mol. The van der Waals surface area contributed by atoms with Gasteiger partial charge in [0.1, 0.15) is 0 Å². The Kier molecular flexibility index (Phi) is 2.75. The van der Waals surface area contributed by atoms with Crippen molar-refractivity contribution in [2.75, 3.05) is 0 Å². The van der Waals surface area contributed by atoms with Gasteiger partial charge in [-0.25, -0.2) is 0 Å². The lowest BCUT2D eigenvalue weighted by Crippen LogP contribution is -2.38. The Morgan fingerprint density at radius 2 is 2.19 bits per heavy atom. The summed E-state index contributed by atoms with van der Waals surface area (Å²) in [5, 5.41) is 15.7. The number of carbonyl (C=O) groups excluding carboxylic acids is 1. The minimum Gasteiger partial charge on any atom is -0.365 e. The fourth-order valence-electron chi connectivity index (χ4n) is 1.88. The zero-order chi connectivity index (χ0) is 11.6. The number of rotatable bonds is 3. The first-order valence-corrected chi connectivity index (χ1v) is 5.29. The Morgan fingerprint density at radius 3 is 2.75 bits per heavy atom. The van der Waals surface area contributed by atoms with Crippen LogP contribution >= 0.6 is 0 Å². The molecule has 4 heteroatoms. The highest BCUT2D eigenvalue weighted by Crippen LogP contribution is 2.34. The van der Waals surface area contributed by atoms with Crippen molar-refractivity contribution < 1.29 is 9.90 Å². The van der Waals surface area contributed by atoms with Gasteiger partial charge in [-0.15, -0.1) is 0 Å². The molecule has 1 aromatic carbocycles. The van der Waals surface area contributed by atoms with E-state index >= 15 is 0 Å². The molecule has 0 aromatic heterocycles. The molecular weight excluding hydrogens is 204 g/mol. The van der Waals surface area contributed by atoms with Crippen LogP contribution in [0.15, 0.2) is 35.4 Å². The first-order chi connectivity index (χ1) is 7.70. The van der Waals surface area contributed by atoms with E-state index in [1.807, 2.05) is 25.1 Å². The lowest BCUT2D eigenvalue weighted by Gasteiger charge is -2.28. The van der Waals surface area contributed by atoms with Gasteiger partial charge in [-0.1, -0.05) is 37.3 Å². The first kappa shape index (κ1) is 10.8. The smallest absolute Gasteiger partial charge is 0.232 e. The van der Waals surface area contributed by atoms with Crippen LogP contribution in [0.25, 0.3) is 0 Å². The topological polar surface area (TPSA) is 52.9 Å². The van der Waals surface area contributed by atoms with Crippen LogP contribution in [-0.2, 0) is 10.5 Å². The van der Waals surface area contributed by atoms with Crippen molar-refractivity contribution in [1.82, 2.24) is 5.01 Å². The zero-order valence-corrected chi connectivity index (χ0v) is 9.13. The summed E-state index contributed by atoms with van der Waals surface area (Å²) in [6.45, 7) is 1.96. The summed E-state index contributed by atoms with van der Waals surface area (Å²) < 4.78 is 0. The predicted octanol–water partition coefficient (Wildman–Crippen LogP) is 1.46. The molecule has 1 aliphatic rings. The molecule has 0 saturated heterocycles. The third-order valence-electron chi connectivity index (χ3n) is 2.82. The van der Waals surface area contributed by atoms with Crippen molar-refractivity contribution in [3.63, 3.8) is 0 Å². The van der Waals surface area contributed by atoms with Gasteiger partial charge in [-0.3, -0.25) is 4.79 Å². The van der Waals surface area contributed by atoms with Gasteiger partial charge in [0, 0.05) is 17.7 Å². The first-order valence-electron chi connectivity index (χ1n) is 5.29. The number of aliphatic hydroxyl groups is 1. The van der Waals surface area contributed by atoms with E-state index in [-0.39, 0.29) is 0 Å². The third-order valence-corrected chi connectivity index (χ3v) is 2.82. The summed E-state index contributed by atoms with van der Waals surface area (Å²) in [6, 6.07) is 9.13. The van der Waals surface area contributed by atoms with Gasteiger partial charge in [0.05, 0.1) is 0 Å². The van der Waals surface area contributed by atoms with Crippen LogP contribution in [-0.4, -0.2) is 22.2 Å². The van der Waals surface area contributed by atoms with E-state index in [0.29, 0.717) is 18.4 Å². The Labute approximate surface area is 94.2 Å². The Bertz CT molecular complexity index is 416. The third kappa shape index (κ3) is 1.61. The largest absolute Gasteiger partial charge is 0.365 e. The second kappa shape index (κ2) is 4.06. The van der Waals surface area contributed by atoms with E-state index < -0.39 is 5.72 Å². The number of amides is 1. The van der Waals surface area contributed by atoms with Crippen molar-refractivity contribution >= 4 is 12.1 Å². The van der Waals surface area contributed by atoms with Crippen LogP contribution in [0, 0.1) is 0 Å². The van der Waals surface area contributed by atoms with Crippen LogP contribution in [0.5, 0.6) is 0 Å². The fourth-order valence-corrected chi connectivity index (χ4v) is 1.88. The number of carbonyl (C=O) groups is 1. The minimum absolute atomic E-state index is 0.381. The highest BCUT2D eigenvalue weighted by molar-refractivity contribution is 5.87. The number of hydrazone groups is 1. The normalized spacial score (nSPS) is 24.4. The van der Waals surface area contributed by atoms with E-state index in [2.05, 4.69) is 5.10 Å². The average molecular weight is 218 g/mol. The maximum Gasteiger partial charge on any atom is 0.232 e. The summed E-state index contributed by atoms with van der Waals surface area (Å²) in [5.74, 6) is 0. The van der Waals surface area contributed by atoms with Crippen LogP contribution < -0.4 is 0 Å². The second-order valence-electron chi connectivity index (χ2n) is 3.83. The van der Waals surface area contributed by atoms with Crippen molar-refractivity contribution in [2.45, 2.75) is 25.5 Å². The molecule has 0 radical (unpaired) electrons. The Balaban J connectivity index is 2.37. The van der Waals surface area contributed by atoms with E-state index in [9.17, 15) is 9.90 Å². The molecule has 1 amide bonds. The van der Waals surface area contributed by atoms with Crippen molar-refractivity contribution in [3.8, 4) is 0 Å². The van der Waals surface area contributed by atoms with Gasteiger partial charge < -0.3 is 5.11 Å². The molecule has 2 rings (SSSR count). The number of nitrogens with zero attached hydrogens (tertiary/aromatic N) is 2. The Hall–Kier alpha value is -1.68. The quantitative estimate of drug-likeness (QED) is 0.781. The van der Waals surface area contributed by atoms with Gasteiger partial charge in [0.2, 0.25) is 6.41 Å². The molecule has 0 aliphatic carbocycles. The molecular formula is C12H14N2O2. The molecule has 1 aromatic rings. The lowest BCUT2D eigenvalue weighted by atomic mass is 9.97. The van der Waals surface area contributed by atoms with Crippen LogP contribution in [0.4, 0.5) is 0 Å². The van der Waals surface area contributed by atoms with E-state index in [1.165, 1.54) is 0 Å². The highest BCUT2D eigenvalue weighted by Gasteiger charge is 2.41. The van der Waals surface area contributed by atoms with E-state index in [4.69, 9.17) is 0 Å². The maximum atomic E-state index is 10.9. The SMILES string of the molecule is CCC1=NN(C=O)C(O)(c2ccccc2)C1. The maximum absolute atomic E-state index is 10.9. The van der Waals surface area contributed by atoms with E-state index in [1.54, 1.807) is 12.1 Å². The van der Waals surface area contributed by atoms with Gasteiger partial charge in [-0.05, 0) is 6.42 Å². The van der Waals surface area contributed by atoms with Gasteiger partial charge >= 0.3 is 0 Å². The number of hydrogen-bond donors (Lipinski definition) is 1. The number of benzene rings is 1. The second-order valence-corrected chi connectivity index (χ2v) is 3.83. The molecule has 1 heterocycles. The predicted molar refractivity (Wildman–Crippen MR) is 60.6 cm³/mol. The number of hydrogen-bond acceptors (Lipinski definition) is 3. The zero-order valence-electron chi connectivity index (χ0n) is 9.13. The summed E-state index contributed by atoms with van der Waals surface area (Å²) in [5.41, 5.74) is 0.210. The molecule has 84 valence electrons. The van der Waals surface area contributed by atoms with Crippen molar-refractivity contribution in [1.29, 1.82) is 0 Å². The Morgan fingerprint density at radius 1 is 1.50 bits per heavy atom. The van der Waals surface area contributed by atoms with Gasteiger partial charge in [-0.2, -0.15) is 10.1 Å². The van der Waals surface area contributed by atoms with Crippen LogP contribution in [0.2, 0.25) is 0 Å². The molecule has 1 aliphatic heterocycles. The molecule has 1 atom stereocenters.